The molecular formula is C31H42N4O4S2. The van der Waals surface area contributed by atoms with Crippen molar-refractivity contribution in [3.05, 3.63) is 60.2 Å². The number of carbonyl (C=O) groups is 3. The van der Waals surface area contributed by atoms with Crippen molar-refractivity contribution in [2.75, 3.05) is 43.8 Å². The summed E-state index contributed by atoms with van der Waals surface area (Å²) in [5, 5.41) is 6.01. The first kappa shape index (κ1) is 31.3. The van der Waals surface area contributed by atoms with Crippen LogP contribution in [0.25, 0.3) is 0 Å². The molecule has 3 amide bonds. The minimum atomic E-state index is -0.673. The average Bonchev–Trinajstić information content (AvgIpc) is 3.48. The van der Waals surface area contributed by atoms with Crippen molar-refractivity contribution in [2.24, 2.45) is 5.92 Å². The Kier molecular flexibility index (Phi) is 12.3. The summed E-state index contributed by atoms with van der Waals surface area (Å²) in [5.74, 6) is 4.13. The van der Waals surface area contributed by atoms with Gasteiger partial charge in [-0.05, 0) is 68.4 Å². The van der Waals surface area contributed by atoms with E-state index in [-0.39, 0.29) is 24.3 Å². The SMILES string of the molecule is CN(C)CC(=O)N1CSC[C@H]1C(=O)N[C@@H](CSCC1CCCCC1)C(=O)NCc1ccc(Oc2ccccc2)cc1. The molecule has 2 fully saturated rings. The molecule has 0 aromatic heterocycles. The van der Waals surface area contributed by atoms with Crippen LogP contribution in [0.5, 0.6) is 11.5 Å². The van der Waals surface area contributed by atoms with Crippen LogP contribution in [0, 0.1) is 5.92 Å². The summed E-state index contributed by atoms with van der Waals surface area (Å²) in [6.07, 6.45) is 6.34. The molecule has 222 valence electrons. The maximum Gasteiger partial charge on any atom is 0.244 e. The van der Waals surface area contributed by atoms with E-state index in [0.717, 1.165) is 22.8 Å². The van der Waals surface area contributed by atoms with Gasteiger partial charge in [-0.1, -0.05) is 49.6 Å². The minimum Gasteiger partial charge on any atom is -0.457 e. The van der Waals surface area contributed by atoms with Crippen molar-refractivity contribution in [1.82, 2.24) is 20.4 Å². The number of para-hydroxylation sites is 1. The molecule has 1 aliphatic heterocycles. The first-order valence-corrected chi connectivity index (χ1v) is 16.7. The molecule has 0 radical (unpaired) electrons. The molecule has 2 aromatic carbocycles. The van der Waals surface area contributed by atoms with E-state index in [4.69, 9.17) is 4.74 Å². The molecule has 2 N–H and O–H groups in total. The standard InChI is InChI=1S/C31H42N4O4S2/c1-34(2)18-29(36)35-22-41-21-28(35)31(38)33-27(20-40-19-24-9-5-3-6-10-24)30(37)32-17-23-13-15-26(16-14-23)39-25-11-7-4-8-12-25/h4,7-8,11-16,24,27-28H,3,5-6,9-10,17-22H2,1-2H3,(H,32,37)(H,33,38)/t27-,28-/m0/s1. The molecule has 0 bridgehead atoms. The quantitative estimate of drug-likeness (QED) is 0.354. The van der Waals surface area contributed by atoms with Crippen LogP contribution in [0.3, 0.4) is 0 Å². The third-order valence-corrected chi connectivity index (χ3v) is 9.61. The van der Waals surface area contributed by atoms with Crippen molar-refractivity contribution in [3.63, 3.8) is 0 Å². The van der Waals surface area contributed by atoms with Crippen LogP contribution in [-0.2, 0) is 20.9 Å². The molecule has 8 nitrogen and oxygen atoms in total. The topological polar surface area (TPSA) is 91.0 Å². The van der Waals surface area contributed by atoms with Crippen LogP contribution in [0.1, 0.15) is 37.7 Å². The molecule has 1 saturated carbocycles. The highest BCUT2D eigenvalue weighted by molar-refractivity contribution is 7.99. The van der Waals surface area contributed by atoms with E-state index in [1.54, 1.807) is 33.3 Å². The summed E-state index contributed by atoms with van der Waals surface area (Å²) in [6, 6.07) is 16.0. The van der Waals surface area contributed by atoms with Gasteiger partial charge in [-0.2, -0.15) is 11.8 Å². The minimum absolute atomic E-state index is 0.0764. The summed E-state index contributed by atoms with van der Waals surface area (Å²) >= 11 is 3.30. The van der Waals surface area contributed by atoms with Crippen LogP contribution in [0.4, 0.5) is 0 Å². The molecular weight excluding hydrogens is 556 g/mol. The lowest BCUT2D eigenvalue weighted by Crippen LogP contribution is -2.55. The maximum atomic E-state index is 13.4. The number of nitrogens with zero attached hydrogens (tertiary/aromatic N) is 2. The average molecular weight is 599 g/mol. The van der Waals surface area contributed by atoms with Gasteiger partial charge in [0.1, 0.15) is 23.6 Å². The lowest BCUT2D eigenvalue weighted by molar-refractivity contribution is -0.139. The van der Waals surface area contributed by atoms with Crippen molar-refractivity contribution in [2.45, 2.75) is 50.7 Å². The molecule has 1 heterocycles. The highest BCUT2D eigenvalue weighted by Crippen LogP contribution is 2.27. The number of rotatable bonds is 13. The molecule has 1 aliphatic carbocycles. The zero-order chi connectivity index (χ0) is 29.0. The van der Waals surface area contributed by atoms with E-state index >= 15 is 0 Å². The van der Waals surface area contributed by atoms with Gasteiger partial charge in [-0.3, -0.25) is 14.4 Å². The summed E-state index contributed by atoms with van der Waals surface area (Å²) in [5.41, 5.74) is 0.936. The number of nitrogens with one attached hydrogen (secondary N) is 2. The molecule has 0 unspecified atom stereocenters. The fourth-order valence-corrected chi connectivity index (χ4v) is 7.49. The molecule has 4 rings (SSSR count). The highest BCUT2D eigenvalue weighted by Gasteiger charge is 2.36. The van der Waals surface area contributed by atoms with Crippen molar-refractivity contribution < 1.29 is 19.1 Å². The second kappa shape index (κ2) is 16.1. The van der Waals surface area contributed by atoms with E-state index in [2.05, 4.69) is 10.6 Å². The number of hydrogen-bond acceptors (Lipinski definition) is 7. The Labute approximate surface area is 252 Å². The third kappa shape index (κ3) is 9.97. The van der Waals surface area contributed by atoms with E-state index in [1.807, 2.05) is 68.7 Å². The molecule has 2 aliphatic rings. The number of likely N-dealkylation sites (N-methyl/N-ethyl adjacent to an activating group) is 1. The van der Waals surface area contributed by atoms with Crippen LogP contribution >= 0.6 is 23.5 Å². The number of ether oxygens (including phenoxy) is 1. The molecule has 10 heteroatoms. The number of carbonyl (C=O) groups excluding carboxylic acids is 3. The molecule has 41 heavy (non-hydrogen) atoms. The van der Waals surface area contributed by atoms with Gasteiger partial charge < -0.3 is 25.2 Å². The van der Waals surface area contributed by atoms with E-state index in [9.17, 15) is 14.4 Å². The van der Waals surface area contributed by atoms with Gasteiger partial charge in [0, 0.05) is 18.1 Å². The fraction of sp³-hybridized carbons (Fsp3) is 0.516. The summed E-state index contributed by atoms with van der Waals surface area (Å²) < 4.78 is 5.86. The number of hydrogen-bond donors (Lipinski definition) is 2. The normalized spacial score (nSPS) is 18.2. The Morgan fingerprint density at radius 3 is 2.44 bits per heavy atom. The fourth-order valence-electron chi connectivity index (χ4n) is 5.04. The van der Waals surface area contributed by atoms with Crippen LogP contribution in [0.15, 0.2) is 54.6 Å². The monoisotopic (exact) mass is 598 g/mol. The van der Waals surface area contributed by atoms with Gasteiger partial charge in [-0.25, -0.2) is 0 Å². The first-order chi connectivity index (χ1) is 19.9. The summed E-state index contributed by atoms with van der Waals surface area (Å²) in [4.78, 5) is 42.9. The second-order valence-electron chi connectivity index (χ2n) is 11.0. The van der Waals surface area contributed by atoms with Crippen molar-refractivity contribution >= 4 is 41.2 Å². The lowest BCUT2D eigenvalue weighted by atomic mass is 9.91. The smallest absolute Gasteiger partial charge is 0.244 e. The number of thioether (sulfide) groups is 2. The zero-order valence-corrected chi connectivity index (χ0v) is 25.7. The molecule has 2 atom stereocenters. The highest BCUT2D eigenvalue weighted by atomic mass is 32.2. The second-order valence-corrected chi connectivity index (χ2v) is 13.1. The van der Waals surface area contributed by atoms with Crippen molar-refractivity contribution in [1.29, 1.82) is 0 Å². The van der Waals surface area contributed by atoms with Crippen molar-refractivity contribution in [3.8, 4) is 11.5 Å². The van der Waals surface area contributed by atoms with Crippen LogP contribution < -0.4 is 15.4 Å². The third-order valence-electron chi connectivity index (χ3n) is 7.32. The van der Waals surface area contributed by atoms with E-state index < -0.39 is 12.1 Å². The van der Waals surface area contributed by atoms with Gasteiger partial charge in [0.25, 0.3) is 0 Å². The van der Waals surface area contributed by atoms with Gasteiger partial charge in [0.15, 0.2) is 0 Å². The summed E-state index contributed by atoms with van der Waals surface area (Å²) in [7, 11) is 3.67. The van der Waals surface area contributed by atoms with Crippen LogP contribution in [0.2, 0.25) is 0 Å². The molecule has 0 spiro atoms. The molecule has 1 saturated heterocycles. The number of benzene rings is 2. The predicted molar refractivity (Wildman–Crippen MR) is 167 cm³/mol. The first-order valence-electron chi connectivity index (χ1n) is 14.4. The van der Waals surface area contributed by atoms with Gasteiger partial charge in [0.2, 0.25) is 17.7 Å². The van der Waals surface area contributed by atoms with Crippen LogP contribution in [-0.4, -0.2) is 83.4 Å². The Morgan fingerprint density at radius 1 is 1.02 bits per heavy atom. The summed E-state index contributed by atoms with van der Waals surface area (Å²) in [6.45, 7) is 0.595. The predicted octanol–water partition coefficient (Wildman–Crippen LogP) is 4.36. The largest absolute Gasteiger partial charge is 0.457 e. The van der Waals surface area contributed by atoms with Gasteiger partial charge >= 0.3 is 0 Å². The Hall–Kier alpha value is -2.69. The van der Waals surface area contributed by atoms with Gasteiger partial charge in [0.05, 0.1) is 12.4 Å². The van der Waals surface area contributed by atoms with Gasteiger partial charge in [-0.15, -0.1) is 11.8 Å². The van der Waals surface area contributed by atoms with E-state index in [1.165, 1.54) is 32.1 Å². The zero-order valence-electron chi connectivity index (χ0n) is 24.1. The van der Waals surface area contributed by atoms with E-state index in [0.29, 0.717) is 29.8 Å². The maximum absolute atomic E-state index is 13.4. The molecule has 2 aromatic rings. The Bertz CT molecular complexity index is 1130. The number of amides is 3. The Morgan fingerprint density at radius 2 is 1.73 bits per heavy atom. The lowest BCUT2D eigenvalue weighted by Gasteiger charge is -2.27. The Balaban J connectivity index is 1.34.